The molecule has 0 fully saturated rings. The third-order valence-corrected chi connectivity index (χ3v) is 5.58. The van der Waals surface area contributed by atoms with Crippen LogP contribution in [0.25, 0.3) is 6.08 Å². The van der Waals surface area contributed by atoms with E-state index in [1.54, 1.807) is 37.3 Å². The minimum atomic E-state index is -0.549. The Morgan fingerprint density at radius 3 is 2.48 bits per heavy atom. The molecule has 0 aromatic heterocycles. The molecule has 0 radical (unpaired) electrons. The molecule has 170 valence electrons. The largest absolute Gasteiger partial charge is 0.493 e. The monoisotopic (exact) mass is 464 g/mol. The highest BCUT2D eigenvalue weighted by Crippen LogP contribution is 2.32. The summed E-state index contributed by atoms with van der Waals surface area (Å²) in [6.07, 6.45) is 1.66. The van der Waals surface area contributed by atoms with Crippen LogP contribution >= 0.6 is 11.6 Å². The average molecular weight is 465 g/mol. The predicted octanol–water partition coefficient (Wildman–Crippen LogP) is 5.18. The molecule has 0 bridgehead atoms. The second-order valence-corrected chi connectivity index (χ2v) is 8.48. The van der Waals surface area contributed by atoms with Gasteiger partial charge in [0.05, 0.1) is 7.11 Å². The Bertz CT molecular complexity index is 1190. The van der Waals surface area contributed by atoms with E-state index in [-0.39, 0.29) is 24.6 Å². The molecule has 6 nitrogen and oxygen atoms in total. The summed E-state index contributed by atoms with van der Waals surface area (Å²) in [5.74, 6) is 0.121. The molecule has 0 spiro atoms. The van der Waals surface area contributed by atoms with Crippen LogP contribution in [-0.4, -0.2) is 30.4 Å². The molecule has 3 rings (SSSR count). The molecule has 0 aliphatic carbocycles. The number of amides is 2. The van der Waals surface area contributed by atoms with Crippen molar-refractivity contribution in [3.63, 3.8) is 0 Å². The summed E-state index contributed by atoms with van der Waals surface area (Å²) < 4.78 is 11.4. The first-order valence-electron chi connectivity index (χ1n) is 10.5. The Morgan fingerprint density at radius 2 is 1.85 bits per heavy atom. The van der Waals surface area contributed by atoms with Gasteiger partial charge in [-0.05, 0) is 48.3 Å². The van der Waals surface area contributed by atoms with Crippen molar-refractivity contribution >= 4 is 29.5 Å². The van der Waals surface area contributed by atoms with Crippen molar-refractivity contribution in [2.24, 2.45) is 5.92 Å². The van der Waals surface area contributed by atoms with Crippen molar-refractivity contribution in [3.05, 3.63) is 75.3 Å². The van der Waals surface area contributed by atoms with E-state index in [4.69, 9.17) is 21.1 Å². The van der Waals surface area contributed by atoms with E-state index in [2.05, 4.69) is 0 Å². The number of benzene rings is 2. The van der Waals surface area contributed by atoms with Crippen molar-refractivity contribution < 1.29 is 19.1 Å². The molecule has 0 atom stereocenters. The van der Waals surface area contributed by atoms with E-state index < -0.39 is 11.8 Å². The number of methoxy groups -OCH3 is 1. The molecular weight excluding hydrogens is 440 g/mol. The molecule has 0 N–H and O–H groups in total. The van der Waals surface area contributed by atoms with Gasteiger partial charge in [-0.25, -0.2) is 0 Å². The van der Waals surface area contributed by atoms with Gasteiger partial charge in [0, 0.05) is 22.7 Å². The molecule has 2 amide bonds. The number of imide groups is 1. The molecule has 2 aromatic carbocycles. The van der Waals surface area contributed by atoms with E-state index in [1.165, 1.54) is 7.11 Å². The van der Waals surface area contributed by atoms with E-state index in [9.17, 15) is 14.9 Å². The minimum absolute atomic E-state index is 0.0202. The van der Waals surface area contributed by atoms with E-state index >= 15 is 0 Å². The molecule has 0 unspecified atom stereocenters. The number of hydrogen-bond donors (Lipinski definition) is 0. The smallest absolute Gasteiger partial charge is 0.271 e. The minimum Gasteiger partial charge on any atom is -0.493 e. The lowest BCUT2D eigenvalue weighted by Crippen LogP contribution is -2.44. The van der Waals surface area contributed by atoms with Crippen LogP contribution in [0.1, 0.15) is 31.9 Å². The summed E-state index contributed by atoms with van der Waals surface area (Å²) >= 11 is 6.20. The zero-order valence-electron chi connectivity index (χ0n) is 19.0. The van der Waals surface area contributed by atoms with Gasteiger partial charge in [0.25, 0.3) is 11.8 Å². The Labute approximate surface area is 198 Å². The molecule has 0 saturated carbocycles. The zero-order valence-corrected chi connectivity index (χ0v) is 19.8. The number of nitriles is 1. The highest BCUT2D eigenvalue weighted by Gasteiger charge is 2.35. The molecule has 33 heavy (non-hydrogen) atoms. The van der Waals surface area contributed by atoms with Gasteiger partial charge in [-0.3, -0.25) is 14.5 Å². The SMILES string of the molecule is COc1cc(/C=C2/C(=O)N(CC(C)C)C(=O)C(C#N)=C2C)ccc1OCc1ccccc1Cl. The summed E-state index contributed by atoms with van der Waals surface area (Å²) in [6, 6.07) is 14.6. The highest BCUT2D eigenvalue weighted by atomic mass is 35.5. The lowest BCUT2D eigenvalue weighted by molar-refractivity contribution is -0.141. The van der Waals surface area contributed by atoms with Crippen molar-refractivity contribution in [3.8, 4) is 17.6 Å². The number of ether oxygens (including phenoxy) is 2. The van der Waals surface area contributed by atoms with E-state index in [0.29, 0.717) is 33.2 Å². The third-order valence-electron chi connectivity index (χ3n) is 5.21. The predicted molar refractivity (Wildman–Crippen MR) is 127 cm³/mol. The van der Waals surface area contributed by atoms with Crippen LogP contribution in [0.3, 0.4) is 0 Å². The topological polar surface area (TPSA) is 79.6 Å². The Balaban J connectivity index is 1.93. The molecule has 1 heterocycles. The van der Waals surface area contributed by atoms with E-state index in [0.717, 1.165) is 10.5 Å². The van der Waals surface area contributed by atoms with Gasteiger partial charge in [0.2, 0.25) is 0 Å². The van der Waals surface area contributed by atoms with Crippen LogP contribution in [0.2, 0.25) is 5.02 Å². The fourth-order valence-corrected chi connectivity index (χ4v) is 3.68. The first kappa shape index (κ1) is 24.1. The lowest BCUT2D eigenvalue weighted by atomic mass is 9.93. The van der Waals surface area contributed by atoms with Gasteiger partial charge < -0.3 is 9.47 Å². The summed E-state index contributed by atoms with van der Waals surface area (Å²) in [4.78, 5) is 26.8. The number of rotatable bonds is 7. The van der Waals surface area contributed by atoms with Crippen LogP contribution in [0.15, 0.2) is 59.2 Å². The van der Waals surface area contributed by atoms with Crippen LogP contribution in [0.5, 0.6) is 11.5 Å². The summed E-state index contributed by atoms with van der Waals surface area (Å²) in [5.41, 5.74) is 2.17. The van der Waals surface area contributed by atoms with Crippen LogP contribution in [0, 0.1) is 17.2 Å². The lowest BCUT2D eigenvalue weighted by Gasteiger charge is -2.28. The fourth-order valence-electron chi connectivity index (χ4n) is 3.49. The van der Waals surface area contributed by atoms with E-state index in [1.807, 2.05) is 38.1 Å². The molecule has 7 heteroatoms. The zero-order chi connectivity index (χ0) is 24.1. The average Bonchev–Trinajstić information content (AvgIpc) is 2.79. The van der Waals surface area contributed by atoms with Crippen LogP contribution in [-0.2, 0) is 16.2 Å². The van der Waals surface area contributed by atoms with Crippen molar-refractivity contribution in [1.29, 1.82) is 5.26 Å². The Morgan fingerprint density at radius 1 is 1.12 bits per heavy atom. The summed E-state index contributed by atoms with van der Waals surface area (Å²) in [6.45, 7) is 5.95. The van der Waals surface area contributed by atoms with Gasteiger partial charge >= 0.3 is 0 Å². The number of hydrogen-bond acceptors (Lipinski definition) is 5. The van der Waals surface area contributed by atoms with Gasteiger partial charge in [-0.2, -0.15) is 5.26 Å². The van der Waals surface area contributed by atoms with Crippen LogP contribution < -0.4 is 9.47 Å². The van der Waals surface area contributed by atoms with Gasteiger partial charge in [0.1, 0.15) is 18.2 Å². The maximum atomic E-state index is 13.1. The number of halogens is 1. The summed E-state index contributed by atoms with van der Waals surface area (Å²) in [7, 11) is 1.53. The molecule has 1 aliphatic heterocycles. The third kappa shape index (κ3) is 5.27. The number of carbonyl (C=O) groups is 2. The molecule has 2 aromatic rings. The molecule has 1 aliphatic rings. The molecule has 0 saturated heterocycles. The number of nitrogens with zero attached hydrogens (tertiary/aromatic N) is 2. The first-order valence-corrected chi connectivity index (χ1v) is 10.9. The second kappa shape index (κ2) is 10.4. The van der Waals surface area contributed by atoms with Crippen molar-refractivity contribution in [1.82, 2.24) is 4.90 Å². The van der Waals surface area contributed by atoms with Crippen molar-refractivity contribution in [2.45, 2.75) is 27.4 Å². The first-order chi connectivity index (χ1) is 15.8. The Hall–Kier alpha value is -3.56. The van der Waals surface area contributed by atoms with Gasteiger partial charge in [0.15, 0.2) is 11.5 Å². The molecular formula is C26H25ClN2O4. The summed E-state index contributed by atoms with van der Waals surface area (Å²) in [5, 5.41) is 10.1. The maximum Gasteiger partial charge on any atom is 0.271 e. The normalized spacial score (nSPS) is 15.3. The fraction of sp³-hybridized carbons (Fsp3) is 0.269. The second-order valence-electron chi connectivity index (χ2n) is 8.07. The van der Waals surface area contributed by atoms with Gasteiger partial charge in [-0.1, -0.05) is 49.7 Å². The number of carbonyl (C=O) groups excluding carboxylic acids is 2. The highest BCUT2D eigenvalue weighted by molar-refractivity contribution is 6.31. The standard InChI is InChI=1S/C26H25ClN2O4/c1-16(2)14-29-25(30)20(17(3)21(13-28)26(29)31)11-18-9-10-23(24(12-18)32-4)33-15-19-7-5-6-8-22(19)27/h5-12,16H,14-15H2,1-4H3/b20-11+. The van der Waals surface area contributed by atoms with Crippen LogP contribution in [0.4, 0.5) is 0 Å². The van der Waals surface area contributed by atoms with Gasteiger partial charge in [-0.15, -0.1) is 0 Å². The Kier molecular flexibility index (Phi) is 7.57. The van der Waals surface area contributed by atoms with Crippen molar-refractivity contribution in [2.75, 3.05) is 13.7 Å². The maximum absolute atomic E-state index is 13.1. The quantitative estimate of drug-likeness (QED) is 0.417.